The van der Waals surface area contributed by atoms with Gasteiger partial charge in [-0.1, -0.05) is 0 Å². The summed E-state index contributed by atoms with van der Waals surface area (Å²) in [6.07, 6.45) is 0.977. The van der Waals surface area contributed by atoms with E-state index in [0.29, 0.717) is 25.1 Å². The van der Waals surface area contributed by atoms with E-state index in [4.69, 9.17) is 9.84 Å². The minimum atomic E-state index is -0.451. The molecule has 3 N–H and O–H groups in total. The molecule has 0 bridgehead atoms. The van der Waals surface area contributed by atoms with Gasteiger partial charge in [-0.05, 0) is 39.3 Å². The first kappa shape index (κ1) is 15.1. The van der Waals surface area contributed by atoms with Crippen LogP contribution in [0.3, 0.4) is 0 Å². The summed E-state index contributed by atoms with van der Waals surface area (Å²) < 4.78 is 5.19. The number of carbonyl (C=O) groups is 1. The van der Waals surface area contributed by atoms with Crippen molar-refractivity contribution >= 4 is 11.7 Å². The van der Waals surface area contributed by atoms with Gasteiger partial charge in [-0.15, -0.1) is 0 Å². The molecular weight excluding hydrogens is 246 g/mol. The highest BCUT2D eigenvalue weighted by Crippen LogP contribution is 2.27. The molecule has 0 aliphatic heterocycles. The van der Waals surface area contributed by atoms with Gasteiger partial charge in [-0.25, -0.2) is 0 Å². The SMILES string of the molecule is CC(C)(C)OC(=O)CCCNc1ccc(O)c(O)c1. The molecule has 1 aromatic carbocycles. The fourth-order valence-corrected chi connectivity index (χ4v) is 1.49. The number of phenols is 2. The summed E-state index contributed by atoms with van der Waals surface area (Å²) in [4.78, 5) is 11.4. The van der Waals surface area contributed by atoms with Gasteiger partial charge in [0.2, 0.25) is 0 Å². The summed E-state index contributed by atoms with van der Waals surface area (Å²) in [5.41, 5.74) is 0.243. The molecule has 0 spiro atoms. The lowest BCUT2D eigenvalue weighted by atomic mass is 10.2. The van der Waals surface area contributed by atoms with Crippen molar-refractivity contribution in [2.75, 3.05) is 11.9 Å². The first-order valence-electron chi connectivity index (χ1n) is 6.25. The summed E-state index contributed by atoms with van der Waals surface area (Å²) in [7, 11) is 0. The molecule has 0 aliphatic rings. The number of carbonyl (C=O) groups excluding carboxylic acids is 1. The average molecular weight is 267 g/mol. The van der Waals surface area contributed by atoms with E-state index in [-0.39, 0.29) is 17.5 Å². The van der Waals surface area contributed by atoms with Gasteiger partial charge >= 0.3 is 5.97 Å². The molecule has 0 heterocycles. The van der Waals surface area contributed by atoms with E-state index < -0.39 is 5.60 Å². The second kappa shape index (κ2) is 6.31. The number of ether oxygens (including phenoxy) is 1. The Balaban J connectivity index is 2.27. The number of rotatable bonds is 5. The molecule has 1 aromatic rings. The third kappa shape index (κ3) is 5.99. The van der Waals surface area contributed by atoms with Crippen molar-refractivity contribution in [2.24, 2.45) is 0 Å². The molecule has 0 unspecified atom stereocenters. The van der Waals surface area contributed by atoms with E-state index in [1.54, 1.807) is 6.07 Å². The Kier molecular flexibility index (Phi) is 5.03. The molecule has 0 amide bonds. The van der Waals surface area contributed by atoms with Crippen molar-refractivity contribution in [1.29, 1.82) is 0 Å². The second-order valence-corrected chi connectivity index (χ2v) is 5.32. The van der Waals surface area contributed by atoms with Crippen LogP contribution in [0.2, 0.25) is 0 Å². The molecule has 0 atom stereocenters. The van der Waals surface area contributed by atoms with Crippen LogP contribution in [-0.4, -0.2) is 28.3 Å². The van der Waals surface area contributed by atoms with Crippen LogP contribution in [0.1, 0.15) is 33.6 Å². The van der Waals surface area contributed by atoms with Crippen LogP contribution in [-0.2, 0) is 9.53 Å². The van der Waals surface area contributed by atoms with Gasteiger partial charge in [0.1, 0.15) is 5.60 Å². The summed E-state index contributed by atoms with van der Waals surface area (Å²) in [6.45, 7) is 6.09. The van der Waals surface area contributed by atoms with E-state index >= 15 is 0 Å². The van der Waals surface area contributed by atoms with E-state index in [1.165, 1.54) is 12.1 Å². The van der Waals surface area contributed by atoms with Crippen molar-refractivity contribution in [1.82, 2.24) is 0 Å². The fourth-order valence-electron chi connectivity index (χ4n) is 1.49. The van der Waals surface area contributed by atoms with Crippen LogP contribution >= 0.6 is 0 Å². The Bertz CT molecular complexity index is 438. The van der Waals surface area contributed by atoms with Crippen molar-refractivity contribution in [2.45, 2.75) is 39.2 Å². The molecule has 0 saturated heterocycles. The normalized spacial score (nSPS) is 11.1. The van der Waals surface area contributed by atoms with E-state index in [2.05, 4.69) is 5.32 Å². The first-order chi connectivity index (χ1) is 8.78. The molecular formula is C14H21NO4. The molecule has 0 radical (unpaired) electrons. The lowest BCUT2D eigenvalue weighted by Crippen LogP contribution is -2.24. The van der Waals surface area contributed by atoms with Gasteiger partial charge in [0, 0.05) is 24.7 Å². The molecule has 106 valence electrons. The number of hydrogen-bond acceptors (Lipinski definition) is 5. The molecule has 0 aliphatic carbocycles. The van der Waals surface area contributed by atoms with Crippen LogP contribution in [0.4, 0.5) is 5.69 Å². The topological polar surface area (TPSA) is 78.8 Å². The van der Waals surface area contributed by atoms with Gasteiger partial charge in [0.25, 0.3) is 0 Å². The predicted octanol–water partition coefficient (Wildman–Crippen LogP) is 2.63. The zero-order valence-corrected chi connectivity index (χ0v) is 11.6. The Morgan fingerprint density at radius 2 is 1.95 bits per heavy atom. The molecule has 0 fully saturated rings. The highest BCUT2D eigenvalue weighted by molar-refractivity contribution is 5.69. The van der Waals surface area contributed by atoms with Crippen LogP contribution in [0.5, 0.6) is 11.5 Å². The minimum Gasteiger partial charge on any atom is -0.504 e. The maximum absolute atomic E-state index is 11.4. The standard InChI is InChI=1S/C14H21NO4/c1-14(2,3)19-13(18)5-4-8-15-10-6-7-11(16)12(17)9-10/h6-7,9,15-17H,4-5,8H2,1-3H3. The highest BCUT2D eigenvalue weighted by Gasteiger charge is 2.15. The number of phenolic OH excluding ortho intramolecular Hbond substituents is 2. The number of anilines is 1. The Labute approximate surface area is 113 Å². The number of nitrogens with one attached hydrogen (secondary N) is 1. The van der Waals surface area contributed by atoms with Gasteiger partial charge in [-0.3, -0.25) is 4.79 Å². The van der Waals surface area contributed by atoms with E-state index in [9.17, 15) is 9.90 Å². The van der Waals surface area contributed by atoms with Gasteiger partial charge in [0.15, 0.2) is 11.5 Å². The van der Waals surface area contributed by atoms with E-state index in [1.807, 2.05) is 20.8 Å². The maximum atomic E-state index is 11.4. The second-order valence-electron chi connectivity index (χ2n) is 5.32. The molecule has 19 heavy (non-hydrogen) atoms. The van der Waals surface area contributed by atoms with Crippen molar-refractivity contribution in [3.8, 4) is 11.5 Å². The molecule has 0 aromatic heterocycles. The first-order valence-corrected chi connectivity index (χ1v) is 6.25. The zero-order chi connectivity index (χ0) is 14.5. The number of benzene rings is 1. The lowest BCUT2D eigenvalue weighted by molar-refractivity contribution is -0.154. The number of esters is 1. The number of hydrogen-bond donors (Lipinski definition) is 3. The van der Waals surface area contributed by atoms with Crippen molar-refractivity contribution < 1.29 is 19.7 Å². The van der Waals surface area contributed by atoms with Crippen LogP contribution < -0.4 is 5.32 Å². The maximum Gasteiger partial charge on any atom is 0.306 e. The zero-order valence-electron chi connectivity index (χ0n) is 11.6. The van der Waals surface area contributed by atoms with Crippen molar-refractivity contribution in [3.63, 3.8) is 0 Å². The van der Waals surface area contributed by atoms with Crippen molar-refractivity contribution in [3.05, 3.63) is 18.2 Å². The smallest absolute Gasteiger partial charge is 0.306 e. The fraction of sp³-hybridized carbons (Fsp3) is 0.500. The summed E-state index contributed by atoms with van der Waals surface area (Å²) >= 11 is 0. The molecule has 5 heteroatoms. The number of aromatic hydroxyl groups is 2. The van der Waals surface area contributed by atoms with Crippen LogP contribution in [0.25, 0.3) is 0 Å². The largest absolute Gasteiger partial charge is 0.504 e. The van der Waals surface area contributed by atoms with E-state index in [0.717, 1.165) is 0 Å². The minimum absolute atomic E-state index is 0.153. The van der Waals surface area contributed by atoms with Crippen LogP contribution in [0, 0.1) is 0 Å². The van der Waals surface area contributed by atoms with Crippen LogP contribution in [0.15, 0.2) is 18.2 Å². The molecule has 1 rings (SSSR count). The predicted molar refractivity (Wildman–Crippen MR) is 73.3 cm³/mol. The van der Waals surface area contributed by atoms with Gasteiger partial charge in [-0.2, -0.15) is 0 Å². The molecule has 0 saturated carbocycles. The average Bonchev–Trinajstić information content (AvgIpc) is 2.27. The lowest BCUT2D eigenvalue weighted by Gasteiger charge is -2.19. The Hall–Kier alpha value is -1.91. The molecule has 5 nitrogen and oxygen atoms in total. The summed E-state index contributed by atoms with van der Waals surface area (Å²) in [5.74, 6) is -0.542. The third-order valence-corrected chi connectivity index (χ3v) is 2.28. The third-order valence-electron chi connectivity index (χ3n) is 2.28. The Morgan fingerprint density at radius 3 is 2.53 bits per heavy atom. The highest BCUT2D eigenvalue weighted by atomic mass is 16.6. The summed E-state index contributed by atoms with van der Waals surface area (Å²) in [6, 6.07) is 4.50. The van der Waals surface area contributed by atoms with Gasteiger partial charge in [0.05, 0.1) is 0 Å². The Morgan fingerprint density at radius 1 is 1.26 bits per heavy atom. The quantitative estimate of drug-likeness (QED) is 0.331. The monoisotopic (exact) mass is 267 g/mol. The summed E-state index contributed by atoms with van der Waals surface area (Å²) in [5, 5.41) is 21.5. The van der Waals surface area contributed by atoms with Gasteiger partial charge < -0.3 is 20.3 Å².